The first-order chi connectivity index (χ1) is 19.2. The first-order valence-corrected chi connectivity index (χ1v) is 14.1. The number of piperazine rings is 1. The molecule has 0 aliphatic carbocycles. The number of benzene rings is 1. The summed E-state index contributed by atoms with van der Waals surface area (Å²) < 4.78 is 0. The molecule has 202 valence electrons. The normalized spacial score (nSPS) is 20.9. The summed E-state index contributed by atoms with van der Waals surface area (Å²) in [7, 11) is 0. The van der Waals surface area contributed by atoms with Crippen LogP contribution in [-0.4, -0.2) is 87.0 Å². The number of aromatic hydroxyl groups is 1. The van der Waals surface area contributed by atoms with E-state index in [1.165, 1.54) is 24.1 Å². The third kappa shape index (κ3) is 4.47. The van der Waals surface area contributed by atoms with Gasteiger partial charge in [-0.2, -0.15) is 0 Å². The Morgan fingerprint density at radius 1 is 0.949 bits per heavy atom. The average Bonchev–Trinajstić information content (AvgIpc) is 3.37. The van der Waals surface area contributed by atoms with Crippen molar-refractivity contribution >= 4 is 22.7 Å². The smallest absolute Gasteiger partial charge is 0.225 e. The van der Waals surface area contributed by atoms with Crippen molar-refractivity contribution in [3.8, 4) is 17.0 Å². The number of aromatic nitrogens is 5. The molecular formula is C29H35N9O. The molecule has 10 heteroatoms. The minimum atomic E-state index is 0.0737. The van der Waals surface area contributed by atoms with Crippen molar-refractivity contribution in [2.45, 2.75) is 38.3 Å². The number of aromatic amines is 1. The molecule has 2 fully saturated rings. The van der Waals surface area contributed by atoms with Crippen LogP contribution in [0.2, 0.25) is 0 Å². The molecule has 0 radical (unpaired) electrons. The van der Waals surface area contributed by atoms with E-state index in [1.54, 1.807) is 6.07 Å². The third-order valence-electron chi connectivity index (χ3n) is 8.73. The maximum Gasteiger partial charge on any atom is 0.225 e. The minimum absolute atomic E-state index is 0.0737. The van der Waals surface area contributed by atoms with E-state index in [4.69, 9.17) is 9.97 Å². The highest BCUT2D eigenvalue weighted by molar-refractivity contribution is 5.86. The number of nitrogens with one attached hydrogen (secondary N) is 2. The van der Waals surface area contributed by atoms with Crippen molar-refractivity contribution in [1.29, 1.82) is 0 Å². The van der Waals surface area contributed by atoms with E-state index in [2.05, 4.69) is 42.1 Å². The fraction of sp³-hybridized carbons (Fsp3) is 0.448. The minimum Gasteiger partial charge on any atom is -0.507 e. The molecule has 7 rings (SSSR count). The van der Waals surface area contributed by atoms with E-state index in [1.807, 2.05) is 36.7 Å². The number of phenols is 1. The Kier molecular flexibility index (Phi) is 6.28. The highest BCUT2D eigenvalue weighted by Gasteiger charge is 2.31. The SMILES string of the molecule is C[C@@H]1c2c([nH]c3nnc(-c4ccccc4O)cc23)CCN1c1ncc(N2CCC(N3CCNCC3)CC2)cn1. The molecule has 0 spiro atoms. The molecule has 1 atom stereocenters. The van der Waals surface area contributed by atoms with Gasteiger partial charge in [0.2, 0.25) is 5.95 Å². The molecule has 3 aliphatic rings. The van der Waals surface area contributed by atoms with Crippen molar-refractivity contribution < 1.29 is 5.11 Å². The Bertz CT molecular complexity index is 1460. The van der Waals surface area contributed by atoms with E-state index >= 15 is 0 Å². The number of nitrogens with zero attached hydrogens (tertiary/aromatic N) is 7. The highest BCUT2D eigenvalue weighted by atomic mass is 16.3. The van der Waals surface area contributed by atoms with Gasteiger partial charge in [0.05, 0.1) is 29.8 Å². The molecular weight excluding hydrogens is 490 g/mol. The predicted molar refractivity (Wildman–Crippen MR) is 152 cm³/mol. The Hall–Kier alpha value is -3.76. The van der Waals surface area contributed by atoms with E-state index in [0.29, 0.717) is 17.3 Å². The molecule has 2 saturated heterocycles. The van der Waals surface area contributed by atoms with Gasteiger partial charge in [-0.25, -0.2) is 9.97 Å². The van der Waals surface area contributed by atoms with Crippen LogP contribution in [0.1, 0.15) is 37.1 Å². The predicted octanol–water partition coefficient (Wildman–Crippen LogP) is 3.12. The van der Waals surface area contributed by atoms with Crippen LogP contribution in [0, 0.1) is 0 Å². The maximum absolute atomic E-state index is 10.3. The standard InChI is InChI=1S/C29H35N9O/c1-19-27-23-16-25(22-4-2-3-5-26(22)39)34-35-28(23)33-24(27)8-13-38(19)29-31-17-21(18-32-29)36-11-6-20(7-12-36)37-14-9-30-10-15-37/h2-5,16-20,30,39H,6-15H2,1H3,(H,33,35)/t19-/m1/s1. The molecule has 39 heavy (non-hydrogen) atoms. The van der Waals surface area contributed by atoms with Gasteiger partial charge < -0.3 is 25.2 Å². The van der Waals surface area contributed by atoms with Crippen molar-refractivity contribution in [2.75, 3.05) is 55.6 Å². The van der Waals surface area contributed by atoms with Gasteiger partial charge in [0.1, 0.15) is 5.75 Å². The highest BCUT2D eigenvalue weighted by Crippen LogP contribution is 2.38. The number of phenolic OH excluding ortho intramolecular Hbond substituents is 1. The van der Waals surface area contributed by atoms with Crippen LogP contribution in [0.5, 0.6) is 5.75 Å². The van der Waals surface area contributed by atoms with Gasteiger partial charge in [-0.15, -0.1) is 10.2 Å². The first-order valence-electron chi connectivity index (χ1n) is 14.1. The summed E-state index contributed by atoms with van der Waals surface area (Å²) in [6, 6.07) is 10.0. The van der Waals surface area contributed by atoms with Crippen LogP contribution >= 0.6 is 0 Å². The lowest BCUT2D eigenvalue weighted by molar-refractivity contribution is 0.150. The van der Waals surface area contributed by atoms with Crippen molar-refractivity contribution in [3.05, 3.63) is 54.0 Å². The first kappa shape index (κ1) is 24.3. The number of fused-ring (bicyclic) bond motifs is 3. The summed E-state index contributed by atoms with van der Waals surface area (Å²) >= 11 is 0. The summed E-state index contributed by atoms with van der Waals surface area (Å²) in [5, 5.41) is 23.7. The molecule has 10 nitrogen and oxygen atoms in total. The maximum atomic E-state index is 10.3. The molecule has 3 N–H and O–H groups in total. The summed E-state index contributed by atoms with van der Waals surface area (Å²) in [6.07, 6.45) is 7.23. The van der Waals surface area contributed by atoms with Crippen LogP contribution in [0.15, 0.2) is 42.7 Å². The molecule has 1 aromatic carbocycles. The number of anilines is 2. The second-order valence-electron chi connectivity index (χ2n) is 10.9. The second kappa shape index (κ2) is 10.1. The lowest BCUT2D eigenvalue weighted by Crippen LogP contribution is -2.52. The Labute approximate surface area is 228 Å². The fourth-order valence-corrected chi connectivity index (χ4v) is 6.58. The number of para-hydroxylation sites is 1. The molecule has 0 saturated carbocycles. The second-order valence-corrected chi connectivity index (χ2v) is 10.9. The van der Waals surface area contributed by atoms with Gasteiger partial charge in [-0.05, 0) is 38.0 Å². The topological polar surface area (TPSA) is 109 Å². The zero-order valence-corrected chi connectivity index (χ0v) is 22.3. The van der Waals surface area contributed by atoms with Gasteiger partial charge in [-0.3, -0.25) is 4.90 Å². The zero-order chi connectivity index (χ0) is 26.3. The quantitative estimate of drug-likeness (QED) is 0.370. The molecule has 3 aliphatic heterocycles. The molecule has 4 aromatic rings. The third-order valence-corrected chi connectivity index (χ3v) is 8.73. The van der Waals surface area contributed by atoms with Crippen molar-refractivity contribution in [3.63, 3.8) is 0 Å². The van der Waals surface area contributed by atoms with Crippen molar-refractivity contribution in [1.82, 2.24) is 35.4 Å². The largest absolute Gasteiger partial charge is 0.507 e. The number of hydrogen-bond donors (Lipinski definition) is 3. The van der Waals surface area contributed by atoms with Crippen molar-refractivity contribution in [2.24, 2.45) is 0 Å². The zero-order valence-electron chi connectivity index (χ0n) is 22.3. The lowest BCUT2D eigenvalue weighted by atomic mass is 9.97. The van der Waals surface area contributed by atoms with Crippen LogP contribution < -0.4 is 15.1 Å². The molecule has 0 bridgehead atoms. The van der Waals surface area contributed by atoms with Crippen LogP contribution in [0.3, 0.4) is 0 Å². The van der Waals surface area contributed by atoms with Gasteiger partial charge in [0.25, 0.3) is 0 Å². The molecule has 0 amide bonds. The van der Waals surface area contributed by atoms with Crippen LogP contribution in [0.25, 0.3) is 22.3 Å². The van der Waals surface area contributed by atoms with Gasteiger partial charge in [-0.1, -0.05) is 12.1 Å². The molecule has 3 aromatic heterocycles. The van der Waals surface area contributed by atoms with Gasteiger partial charge in [0.15, 0.2) is 5.65 Å². The fourth-order valence-electron chi connectivity index (χ4n) is 6.58. The van der Waals surface area contributed by atoms with E-state index < -0.39 is 0 Å². The van der Waals surface area contributed by atoms with Gasteiger partial charge >= 0.3 is 0 Å². The number of hydrogen-bond acceptors (Lipinski definition) is 9. The summed E-state index contributed by atoms with van der Waals surface area (Å²) in [5.41, 5.74) is 5.60. The Morgan fingerprint density at radius 3 is 2.49 bits per heavy atom. The van der Waals surface area contributed by atoms with E-state index in [9.17, 15) is 5.11 Å². The summed E-state index contributed by atoms with van der Waals surface area (Å²) in [5.74, 6) is 0.955. The van der Waals surface area contributed by atoms with E-state index in [-0.39, 0.29) is 11.8 Å². The molecule has 6 heterocycles. The Morgan fingerprint density at radius 2 is 1.72 bits per heavy atom. The molecule has 0 unspecified atom stereocenters. The summed E-state index contributed by atoms with van der Waals surface area (Å²) in [6.45, 7) is 9.67. The van der Waals surface area contributed by atoms with Crippen LogP contribution in [-0.2, 0) is 6.42 Å². The van der Waals surface area contributed by atoms with Crippen LogP contribution in [0.4, 0.5) is 11.6 Å². The summed E-state index contributed by atoms with van der Waals surface area (Å²) in [4.78, 5) is 20.5. The monoisotopic (exact) mass is 525 g/mol. The van der Waals surface area contributed by atoms with Gasteiger partial charge in [0, 0.05) is 80.5 Å². The number of piperidine rings is 1. The average molecular weight is 526 g/mol. The lowest BCUT2D eigenvalue weighted by Gasteiger charge is -2.41. The van der Waals surface area contributed by atoms with E-state index in [0.717, 1.165) is 74.9 Å². The Balaban J connectivity index is 1.09. The number of rotatable bonds is 4. The number of H-pyrrole nitrogens is 1.